The molecule has 0 fully saturated rings. The van der Waals surface area contributed by atoms with Gasteiger partial charge in [0.05, 0.1) is 11.1 Å². The molecule has 1 N–H and O–H groups in total. The fourth-order valence-electron chi connectivity index (χ4n) is 3.11. The molecule has 0 unspecified atom stereocenters. The van der Waals surface area contributed by atoms with Gasteiger partial charge >= 0.3 is 11.9 Å². The molecule has 1 aliphatic rings. The van der Waals surface area contributed by atoms with Crippen LogP contribution in [-0.2, 0) is 20.7 Å². The first kappa shape index (κ1) is 20.6. The number of esters is 2. The van der Waals surface area contributed by atoms with Crippen LogP contribution in [-0.4, -0.2) is 30.5 Å². The highest BCUT2D eigenvalue weighted by atomic mass is 16.6. The molecule has 1 aliphatic heterocycles. The highest BCUT2D eigenvalue weighted by Gasteiger charge is 2.29. The van der Waals surface area contributed by atoms with Gasteiger partial charge in [0, 0.05) is 13.0 Å². The van der Waals surface area contributed by atoms with Crippen LogP contribution in [0, 0.1) is 5.92 Å². The fraction of sp³-hybridized carbons (Fsp3) is 0.348. The third kappa shape index (κ3) is 5.02. The predicted molar refractivity (Wildman–Crippen MR) is 107 cm³/mol. The molecule has 2 aromatic carbocycles. The third-order valence-electron chi connectivity index (χ3n) is 4.72. The van der Waals surface area contributed by atoms with Gasteiger partial charge in [-0.25, -0.2) is 9.59 Å². The van der Waals surface area contributed by atoms with E-state index in [2.05, 4.69) is 5.32 Å². The van der Waals surface area contributed by atoms with E-state index in [4.69, 9.17) is 9.47 Å². The summed E-state index contributed by atoms with van der Waals surface area (Å²) < 4.78 is 10.8. The molecule has 6 nitrogen and oxygen atoms in total. The number of rotatable bonds is 6. The zero-order valence-corrected chi connectivity index (χ0v) is 16.8. The maximum atomic E-state index is 12.5. The lowest BCUT2D eigenvalue weighted by Crippen LogP contribution is -2.37. The molecule has 0 radical (unpaired) electrons. The molecule has 0 spiro atoms. The van der Waals surface area contributed by atoms with Crippen molar-refractivity contribution >= 4 is 17.8 Å². The highest BCUT2D eigenvalue weighted by Crippen LogP contribution is 2.31. The van der Waals surface area contributed by atoms with Gasteiger partial charge in [-0.3, -0.25) is 4.79 Å². The molecule has 1 amide bonds. The van der Waals surface area contributed by atoms with Crippen LogP contribution in [0.15, 0.2) is 48.5 Å². The number of amides is 1. The second-order valence-electron chi connectivity index (χ2n) is 7.57. The minimum atomic E-state index is -0.903. The van der Waals surface area contributed by atoms with E-state index >= 15 is 0 Å². The molecular weight excluding hydrogens is 370 g/mol. The van der Waals surface area contributed by atoms with Crippen molar-refractivity contribution in [1.29, 1.82) is 0 Å². The number of ether oxygens (including phenoxy) is 2. The summed E-state index contributed by atoms with van der Waals surface area (Å²) in [7, 11) is 0. The molecule has 29 heavy (non-hydrogen) atoms. The molecule has 6 heteroatoms. The largest absolute Gasteiger partial charge is 0.454 e. The Balaban J connectivity index is 1.72. The number of hydrogen-bond donors (Lipinski definition) is 1. The predicted octanol–water partition coefficient (Wildman–Crippen LogP) is 3.46. The summed E-state index contributed by atoms with van der Waals surface area (Å²) in [4.78, 5) is 36.9. The van der Waals surface area contributed by atoms with Gasteiger partial charge < -0.3 is 14.8 Å². The van der Waals surface area contributed by atoms with Crippen LogP contribution in [0.4, 0.5) is 0 Å². The third-order valence-corrected chi connectivity index (χ3v) is 4.72. The van der Waals surface area contributed by atoms with Crippen molar-refractivity contribution in [3.05, 3.63) is 70.8 Å². The van der Waals surface area contributed by atoms with Crippen LogP contribution >= 0.6 is 0 Å². The summed E-state index contributed by atoms with van der Waals surface area (Å²) in [5, 5.41) is 2.74. The second kappa shape index (κ2) is 8.90. The van der Waals surface area contributed by atoms with Crippen molar-refractivity contribution in [2.45, 2.75) is 39.4 Å². The van der Waals surface area contributed by atoms with E-state index in [1.54, 1.807) is 12.1 Å². The molecule has 0 bridgehead atoms. The molecule has 2 aromatic rings. The van der Waals surface area contributed by atoms with Crippen molar-refractivity contribution in [2.24, 2.45) is 5.92 Å². The van der Waals surface area contributed by atoms with Gasteiger partial charge in [-0.15, -0.1) is 0 Å². The topological polar surface area (TPSA) is 81.7 Å². The molecule has 1 heterocycles. The lowest BCUT2D eigenvalue weighted by molar-refractivity contribution is -0.129. The monoisotopic (exact) mass is 395 g/mol. The van der Waals surface area contributed by atoms with Crippen molar-refractivity contribution in [1.82, 2.24) is 5.32 Å². The number of carbonyl (C=O) groups is 3. The Bertz CT molecular complexity index is 907. The molecule has 3 rings (SSSR count). The highest BCUT2D eigenvalue weighted by molar-refractivity contribution is 5.96. The first-order chi connectivity index (χ1) is 13.8. The number of nitrogens with one attached hydrogen (secondary N) is 1. The Hall–Kier alpha value is -3.15. The number of fused-ring (bicyclic) bond motifs is 1. The molecule has 0 aliphatic carbocycles. The van der Waals surface area contributed by atoms with Gasteiger partial charge in [-0.05, 0) is 42.2 Å². The zero-order valence-electron chi connectivity index (χ0n) is 16.8. The molecule has 0 saturated carbocycles. The Morgan fingerprint density at radius 2 is 1.86 bits per heavy atom. The molecule has 2 atom stereocenters. The summed E-state index contributed by atoms with van der Waals surface area (Å²) in [6.45, 7) is 6.02. The lowest BCUT2D eigenvalue weighted by Gasteiger charge is -2.25. The van der Waals surface area contributed by atoms with Crippen LogP contribution in [0.1, 0.15) is 58.7 Å². The molecule has 0 aromatic heterocycles. The molecular formula is C23H25NO5. The van der Waals surface area contributed by atoms with E-state index in [1.165, 1.54) is 13.0 Å². The number of hydrogen-bond acceptors (Lipinski definition) is 5. The Morgan fingerprint density at radius 3 is 2.55 bits per heavy atom. The zero-order chi connectivity index (χ0) is 21.0. The van der Waals surface area contributed by atoms with E-state index in [0.717, 1.165) is 11.1 Å². The molecule has 152 valence electrons. The SMILES string of the molecule is CC(C)CNC(=O)[C@H](C)OC(=O)c1ccc2c(c1)C[C@H](c1ccccc1)OC2=O. The average Bonchev–Trinajstić information content (AvgIpc) is 2.72. The van der Waals surface area contributed by atoms with E-state index in [9.17, 15) is 14.4 Å². The van der Waals surface area contributed by atoms with Gasteiger partial charge in [-0.2, -0.15) is 0 Å². The summed E-state index contributed by atoms with van der Waals surface area (Å²) in [6.07, 6.45) is -0.834. The summed E-state index contributed by atoms with van der Waals surface area (Å²) in [6, 6.07) is 14.2. The van der Waals surface area contributed by atoms with E-state index in [-0.39, 0.29) is 5.91 Å². The van der Waals surface area contributed by atoms with Crippen LogP contribution in [0.25, 0.3) is 0 Å². The lowest BCUT2D eigenvalue weighted by atomic mass is 9.93. The molecule has 0 saturated heterocycles. The average molecular weight is 395 g/mol. The van der Waals surface area contributed by atoms with Crippen molar-refractivity contribution in [3.8, 4) is 0 Å². The minimum Gasteiger partial charge on any atom is -0.454 e. The van der Waals surface area contributed by atoms with Gasteiger partial charge in [0.15, 0.2) is 6.10 Å². The second-order valence-corrected chi connectivity index (χ2v) is 7.57. The van der Waals surface area contributed by atoms with Gasteiger partial charge in [0.1, 0.15) is 6.10 Å². The van der Waals surface area contributed by atoms with Gasteiger partial charge in [0.25, 0.3) is 5.91 Å². The van der Waals surface area contributed by atoms with Crippen LogP contribution in [0.3, 0.4) is 0 Å². The maximum absolute atomic E-state index is 12.5. The van der Waals surface area contributed by atoms with Gasteiger partial charge in [0.2, 0.25) is 0 Å². The van der Waals surface area contributed by atoms with Crippen molar-refractivity contribution in [3.63, 3.8) is 0 Å². The Labute approximate surface area is 170 Å². The Morgan fingerprint density at radius 1 is 1.14 bits per heavy atom. The number of carbonyl (C=O) groups excluding carboxylic acids is 3. The van der Waals surface area contributed by atoms with Crippen molar-refractivity contribution in [2.75, 3.05) is 6.54 Å². The first-order valence-corrected chi connectivity index (χ1v) is 9.72. The minimum absolute atomic E-state index is 0.300. The standard InChI is InChI=1S/C23H25NO5/c1-14(2)13-24-21(25)15(3)28-22(26)17-9-10-19-18(11-17)12-20(29-23(19)27)16-7-5-4-6-8-16/h4-11,14-15,20H,12-13H2,1-3H3,(H,24,25)/t15-,20+/m0/s1. The normalized spacial score (nSPS) is 16.6. The van der Waals surface area contributed by atoms with Crippen molar-refractivity contribution < 1.29 is 23.9 Å². The van der Waals surface area contributed by atoms with Gasteiger partial charge in [-0.1, -0.05) is 44.2 Å². The quantitative estimate of drug-likeness (QED) is 0.758. The number of cyclic esters (lactones) is 1. The maximum Gasteiger partial charge on any atom is 0.339 e. The summed E-state index contributed by atoms with van der Waals surface area (Å²) in [5.74, 6) is -1.05. The van der Waals surface area contributed by atoms with Crippen LogP contribution in [0.2, 0.25) is 0 Å². The first-order valence-electron chi connectivity index (χ1n) is 9.72. The van der Waals surface area contributed by atoms with E-state index < -0.39 is 24.1 Å². The van der Waals surface area contributed by atoms with Crippen LogP contribution in [0.5, 0.6) is 0 Å². The van der Waals surface area contributed by atoms with E-state index in [1.807, 2.05) is 44.2 Å². The van der Waals surface area contributed by atoms with Crippen LogP contribution < -0.4 is 5.32 Å². The smallest absolute Gasteiger partial charge is 0.339 e. The summed E-state index contributed by atoms with van der Waals surface area (Å²) in [5.41, 5.74) is 2.36. The number of benzene rings is 2. The fourth-order valence-corrected chi connectivity index (χ4v) is 3.11. The van der Waals surface area contributed by atoms with E-state index in [0.29, 0.717) is 30.0 Å². The summed E-state index contributed by atoms with van der Waals surface area (Å²) >= 11 is 0. The Kier molecular flexibility index (Phi) is 6.32.